The van der Waals surface area contributed by atoms with Crippen LogP contribution in [0.5, 0.6) is 0 Å². The van der Waals surface area contributed by atoms with Crippen LogP contribution in [0, 0.1) is 0 Å². The van der Waals surface area contributed by atoms with Gasteiger partial charge < -0.3 is 4.90 Å². The minimum absolute atomic E-state index is 0.109. The van der Waals surface area contributed by atoms with Crippen molar-refractivity contribution in [3.05, 3.63) is 70.2 Å². The zero-order valence-corrected chi connectivity index (χ0v) is 19.6. The predicted octanol–water partition coefficient (Wildman–Crippen LogP) is 3.62. The average molecular weight is 482 g/mol. The quantitative estimate of drug-likeness (QED) is 0.605. The molecule has 3 rings (SSSR count). The maximum Gasteiger partial charge on any atom is 0.243 e. The number of carbonyl (C=O) groups is 1. The lowest BCUT2D eigenvalue weighted by Crippen LogP contribution is -2.51. The summed E-state index contributed by atoms with van der Waals surface area (Å²) >= 11 is 12.2. The molecular formula is C22H25Cl2N3O3S. The van der Waals surface area contributed by atoms with E-state index in [0.717, 1.165) is 35.8 Å². The van der Waals surface area contributed by atoms with Crippen LogP contribution in [0.1, 0.15) is 5.56 Å². The molecule has 166 valence electrons. The number of carbonyl (C=O) groups excluding carboxylic acids is 1. The van der Waals surface area contributed by atoms with Crippen LogP contribution in [0.25, 0.3) is 6.08 Å². The molecule has 1 aliphatic heterocycles. The normalized spacial score (nSPS) is 15.4. The standard InChI is InChI=1S/C22H25Cl2N3O3S/c1-31(29,30)27(20-11-5-10-19(23)22(20)24)17-21(28)26-15-13-25(14-16-26)12-6-9-18-7-3-2-4-8-18/h2-11H,12-17H2,1H3/b9-6+. The van der Waals surface area contributed by atoms with E-state index in [4.69, 9.17) is 23.2 Å². The molecule has 1 aliphatic rings. The summed E-state index contributed by atoms with van der Waals surface area (Å²) in [4.78, 5) is 16.8. The van der Waals surface area contributed by atoms with Crippen molar-refractivity contribution in [2.45, 2.75) is 0 Å². The van der Waals surface area contributed by atoms with Crippen LogP contribution in [0.2, 0.25) is 10.0 Å². The number of amides is 1. The summed E-state index contributed by atoms with van der Waals surface area (Å²) in [6.45, 7) is 3.01. The van der Waals surface area contributed by atoms with E-state index in [1.807, 2.05) is 30.3 Å². The Kier molecular flexibility index (Phi) is 8.00. The van der Waals surface area contributed by atoms with E-state index in [-0.39, 0.29) is 28.2 Å². The number of halogens is 2. The summed E-state index contributed by atoms with van der Waals surface area (Å²) in [5.74, 6) is -0.263. The smallest absolute Gasteiger partial charge is 0.243 e. The number of sulfonamides is 1. The third-order valence-corrected chi connectivity index (χ3v) is 7.01. The fourth-order valence-corrected chi connectivity index (χ4v) is 4.67. The highest BCUT2D eigenvalue weighted by Crippen LogP contribution is 2.33. The summed E-state index contributed by atoms with van der Waals surface area (Å²) in [5, 5.41) is 0.342. The Balaban J connectivity index is 1.58. The molecule has 9 heteroatoms. The Morgan fingerprint density at radius 2 is 1.71 bits per heavy atom. The summed E-state index contributed by atoms with van der Waals surface area (Å²) < 4.78 is 25.7. The van der Waals surface area contributed by atoms with Gasteiger partial charge in [-0.05, 0) is 17.7 Å². The number of anilines is 1. The Bertz CT molecular complexity index is 1040. The van der Waals surface area contributed by atoms with Gasteiger partial charge in [0.2, 0.25) is 15.9 Å². The molecule has 0 atom stereocenters. The van der Waals surface area contributed by atoms with Gasteiger partial charge in [-0.2, -0.15) is 0 Å². The van der Waals surface area contributed by atoms with Crippen LogP contribution >= 0.6 is 23.2 Å². The highest BCUT2D eigenvalue weighted by atomic mass is 35.5. The number of piperazine rings is 1. The van der Waals surface area contributed by atoms with Crippen molar-refractivity contribution < 1.29 is 13.2 Å². The summed E-state index contributed by atoms with van der Waals surface area (Å²) in [6.07, 6.45) is 5.24. The highest BCUT2D eigenvalue weighted by molar-refractivity contribution is 7.92. The molecule has 0 N–H and O–H groups in total. The van der Waals surface area contributed by atoms with Gasteiger partial charge in [-0.1, -0.05) is 71.8 Å². The van der Waals surface area contributed by atoms with E-state index in [1.54, 1.807) is 23.1 Å². The van der Waals surface area contributed by atoms with Crippen LogP contribution in [-0.2, 0) is 14.8 Å². The third-order valence-electron chi connectivity index (χ3n) is 5.08. The van der Waals surface area contributed by atoms with E-state index >= 15 is 0 Å². The van der Waals surface area contributed by atoms with Crippen molar-refractivity contribution in [3.8, 4) is 0 Å². The molecule has 0 saturated carbocycles. The zero-order chi connectivity index (χ0) is 22.4. The van der Waals surface area contributed by atoms with E-state index in [1.165, 1.54) is 0 Å². The monoisotopic (exact) mass is 481 g/mol. The number of nitrogens with zero attached hydrogens (tertiary/aromatic N) is 3. The van der Waals surface area contributed by atoms with E-state index in [2.05, 4.69) is 17.1 Å². The lowest BCUT2D eigenvalue weighted by molar-refractivity contribution is -0.131. The number of hydrogen-bond donors (Lipinski definition) is 0. The molecule has 1 amide bonds. The number of hydrogen-bond acceptors (Lipinski definition) is 4. The topological polar surface area (TPSA) is 60.9 Å². The second-order valence-corrected chi connectivity index (χ2v) is 10.0. The van der Waals surface area contributed by atoms with Crippen molar-refractivity contribution in [2.24, 2.45) is 0 Å². The van der Waals surface area contributed by atoms with Gasteiger partial charge in [-0.25, -0.2) is 8.42 Å². The Hall–Kier alpha value is -2.06. The van der Waals surface area contributed by atoms with E-state index in [9.17, 15) is 13.2 Å². The third kappa shape index (κ3) is 6.46. The lowest BCUT2D eigenvalue weighted by Gasteiger charge is -2.35. The average Bonchev–Trinajstić information content (AvgIpc) is 2.74. The van der Waals surface area contributed by atoms with E-state index in [0.29, 0.717) is 13.1 Å². The number of benzene rings is 2. The molecule has 0 unspecified atom stereocenters. The van der Waals surface area contributed by atoms with Crippen LogP contribution in [0.4, 0.5) is 5.69 Å². The van der Waals surface area contributed by atoms with E-state index < -0.39 is 10.0 Å². The molecule has 2 aromatic rings. The number of rotatable bonds is 7. The minimum atomic E-state index is -3.72. The first kappa shape index (κ1) is 23.6. The SMILES string of the molecule is CS(=O)(=O)N(CC(=O)N1CCN(C/C=C/c2ccccc2)CC1)c1cccc(Cl)c1Cl. The predicted molar refractivity (Wildman–Crippen MR) is 127 cm³/mol. The highest BCUT2D eigenvalue weighted by Gasteiger charge is 2.28. The van der Waals surface area contributed by atoms with Gasteiger partial charge in [0.1, 0.15) is 6.54 Å². The van der Waals surface area contributed by atoms with Crippen LogP contribution < -0.4 is 4.31 Å². The van der Waals surface area contributed by atoms with Crippen molar-refractivity contribution in [1.29, 1.82) is 0 Å². The minimum Gasteiger partial charge on any atom is -0.339 e. The molecule has 0 aliphatic carbocycles. The van der Waals surface area contributed by atoms with Gasteiger partial charge in [0.05, 0.1) is 22.0 Å². The first-order valence-electron chi connectivity index (χ1n) is 9.89. The van der Waals surface area contributed by atoms with Crippen LogP contribution in [0.3, 0.4) is 0 Å². The molecule has 1 saturated heterocycles. The molecule has 31 heavy (non-hydrogen) atoms. The Morgan fingerprint density at radius 1 is 1.03 bits per heavy atom. The van der Waals surface area contributed by atoms with Gasteiger partial charge >= 0.3 is 0 Å². The van der Waals surface area contributed by atoms with Crippen molar-refractivity contribution in [3.63, 3.8) is 0 Å². The van der Waals surface area contributed by atoms with Crippen LogP contribution in [-0.4, -0.2) is 69.6 Å². The Labute approximate surface area is 193 Å². The summed E-state index contributed by atoms with van der Waals surface area (Å²) in [6, 6.07) is 14.8. The second-order valence-electron chi connectivity index (χ2n) is 7.34. The Morgan fingerprint density at radius 3 is 2.35 bits per heavy atom. The van der Waals surface area contributed by atoms with Crippen molar-refractivity contribution in [1.82, 2.24) is 9.80 Å². The molecular weight excluding hydrogens is 457 g/mol. The fraction of sp³-hybridized carbons (Fsp3) is 0.318. The molecule has 1 heterocycles. The zero-order valence-electron chi connectivity index (χ0n) is 17.2. The van der Waals surface area contributed by atoms with Crippen molar-refractivity contribution >= 4 is 50.9 Å². The molecule has 0 bridgehead atoms. The summed E-state index contributed by atoms with van der Waals surface area (Å²) in [7, 11) is -3.72. The van der Waals surface area contributed by atoms with Gasteiger partial charge in [-0.3, -0.25) is 14.0 Å². The van der Waals surface area contributed by atoms with Gasteiger partial charge in [0, 0.05) is 32.7 Å². The second kappa shape index (κ2) is 10.5. The van der Waals surface area contributed by atoms with Gasteiger partial charge in [0.25, 0.3) is 0 Å². The lowest BCUT2D eigenvalue weighted by atomic mass is 10.2. The van der Waals surface area contributed by atoms with Crippen LogP contribution in [0.15, 0.2) is 54.6 Å². The molecule has 0 aromatic heterocycles. The van der Waals surface area contributed by atoms with Crippen molar-refractivity contribution in [2.75, 3.05) is 49.8 Å². The van der Waals surface area contributed by atoms with Gasteiger partial charge in [-0.15, -0.1) is 0 Å². The molecule has 6 nitrogen and oxygen atoms in total. The fourth-order valence-electron chi connectivity index (χ4n) is 3.37. The molecule has 1 fully saturated rings. The molecule has 2 aromatic carbocycles. The maximum absolute atomic E-state index is 12.8. The summed E-state index contributed by atoms with van der Waals surface area (Å²) in [5.41, 5.74) is 1.35. The maximum atomic E-state index is 12.8. The molecule has 0 spiro atoms. The van der Waals surface area contributed by atoms with Gasteiger partial charge in [0.15, 0.2) is 0 Å². The first-order chi connectivity index (χ1) is 14.8. The molecule has 0 radical (unpaired) electrons. The first-order valence-corrected chi connectivity index (χ1v) is 12.5. The largest absolute Gasteiger partial charge is 0.339 e.